The SMILES string of the molecule is COCCNCCN(C)c1ncc(Br)cc1C. The molecule has 4 nitrogen and oxygen atoms in total. The third-order valence-corrected chi connectivity index (χ3v) is 2.92. The molecule has 1 heterocycles. The highest BCUT2D eigenvalue weighted by Crippen LogP contribution is 2.19. The van der Waals surface area contributed by atoms with Gasteiger partial charge in [-0.1, -0.05) is 0 Å². The van der Waals surface area contributed by atoms with Crippen LogP contribution < -0.4 is 10.2 Å². The van der Waals surface area contributed by atoms with Crippen LogP contribution in [-0.4, -0.2) is 45.4 Å². The summed E-state index contributed by atoms with van der Waals surface area (Å²) in [5, 5.41) is 3.31. The fraction of sp³-hybridized carbons (Fsp3) is 0.583. The Labute approximate surface area is 111 Å². The number of likely N-dealkylation sites (N-methyl/N-ethyl adjacent to an activating group) is 1. The van der Waals surface area contributed by atoms with Crippen LogP contribution in [0.4, 0.5) is 5.82 Å². The summed E-state index contributed by atoms with van der Waals surface area (Å²) in [5.41, 5.74) is 1.18. The van der Waals surface area contributed by atoms with Gasteiger partial charge in [0, 0.05) is 44.5 Å². The minimum absolute atomic E-state index is 0.749. The van der Waals surface area contributed by atoms with Gasteiger partial charge in [0.05, 0.1) is 6.61 Å². The summed E-state index contributed by atoms with van der Waals surface area (Å²) >= 11 is 3.42. The molecule has 1 N–H and O–H groups in total. The summed E-state index contributed by atoms with van der Waals surface area (Å²) < 4.78 is 5.99. The van der Waals surface area contributed by atoms with E-state index < -0.39 is 0 Å². The second kappa shape index (κ2) is 7.63. The minimum atomic E-state index is 0.749. The van der Waals surface area contributed by atoms with Crippen molar-refractivity contribution in [3.63, 3.8) is 0 Å². The van der Waals surface area contributed by atoms with Gasteiger partial charge in [0.2, 0.25) is 0 Å². The Morgan fingerprint density at radius 2 is 2.24 bits per heavy atom. The Morgan fingerprint density at radius 1 is 1.47 bits per heavy atom. The van der Waals surface area contributed by atoms with E-state index >= 15 is 0 Å². The Morgan fingerprint density at radius 3 is 2.88 bits per heavy atom. The number of aromatic nitrogens is 1. The smallest absolute Gasteiger partial charge is 0.131 e. The zero-order valence-corrected chi connectivity index (χ0v) is 12.2. The molecule has 0 amide bonds. The van der Waals surface area contributed by atoms with Crippen molar-refractivity contribution in [2.75, 3.05) is 45.3 Å². The van der Waals surface area contributed by atoms with Crippen molar-refractivity contribution in [1.82, 2.24) is 10.3 Å². The average Bonchev–Trinajstić information content (AvgIpc) is 2.28. The molecular weight excluding hydrogens is 282 g/mol. The Hall–Kier alpha value is -0.650. The molecule has 0 saturated heterocycles. The molecule has 0 spiro atoms. The second-order valence-electron chi connectivity index (χ2n) is 3.96. The number of nitrogens with one attached hydrogen (secondary N) is 1. The molecule has 1 aromatic rings. The van der Waals surface area contributed by atoms with E-state index in [-0.39, 0.29) is 0 Å². The molecule has 0 unspecified atom stereocenters. The standard InChI is InChI=1S/C12H20BrN3O/c1-10-8-11(13)9-15-12(10)16(2)6-4-14-5-7-17-3/h8-9,14H,4-7H2,1-3H3. The van der Waals surface area contributed by atoms with Gasteiger partial charge in [0.1, 0.15) is 5.82 Å². The molecule has 0 radical (unpaired) electrons. The lowest BCUT2D eigenvalue weighted by Gasteiger charge is -2.20. The van der Waals surface area contributed by atoms with Crippen LogP contribution in [0.3, 0.4) is 0 Å². The highest BCUT2D eigenvalue weighted by Gasteiger charge is 2.05. The monoisotopic (exact) mass is 301 g/mol. The average molecular weight is 302 g/mol. The number of pyridine rings is 1. The quantitative estimate of drug-likeness (QED) is 0.780. The number of hydrogen-bond donors (Lipinski definition) is 1. The molecule has 0 aromatic carbocycles. The van der Waals surface area contributed by atoms with Gasteiger partial charge in [-0.25, -0.2) is 4.98 Å². The largest absolute Gasteiger partial charge is 0.383 e. The van der Waals surface area contributed by atoms with E-state index in [0.29, 0.717) is 0 Å². The third kappa shape index (κ3) is 5.02. The number of aryl methyl sites for hydroxylation is 1. The lowest BCUT2D eigenvalue weighted by atomic mass is 10.3. The maximum absolute atomic E-state index is 4.97. The van der Waals surface area contributed by atoms with E-state index in [1.807, 2.05) is 6.20 Å². The molecule has 5 heteroatoms. The van der Waals surface area contributed by atoms with Crippen molar-refractivity contribution < 1.29 is 4.74 Å². The van der Waals surface area contributed by atoms with E-state index in [9.17, 15) is 0 Å². The lowest BCUT2D eigenvalue weighted by Crippen LogP contribution is -2.31. The number of anilines is 1. The van der Waals surface area contributed by atoms with Crippen molar-refractivity contribution in [2.45, 2.75) is 6.92 Å². The van der Waals surface area contributed by atoms with Gasteiger partial charge in [0.15, 0.2) is 0 Å². The van der Waals surface area contributed by atoms with E-state index in [0.717, 1.165) is 36.5 Å². The van der Waals surface area contributed by atoms with Gasteiger partial charge < -0.3 is 15.0 Å². The molecule has 0 aliphatic rings. The van der Waals surface area contributed by atoms with Crippen LogP contribution in [0.15, 0.2) is 16.7 Å². The van der Waals surface area contributed by atoms with Crippen LogP contribution in [0.1, 0.15) is 5.56 Å². The molecule has 0 saturated carbocycles. The van der Waals surface area contributed by atoms with Gasteiger partial charge in [-0.3, -0.25) is 0 Å². The molecule has 1 rings (SSSR count). The second-order valence-corrected chi connectivity index (χ2v) is 4.87. The highest BCUT2D eigenvalue weighted by atomic mass is 79.9. The molecule has 0 fully saturated rings. The zero-order chi connectivity index (χ0) is 12.7. The van der Waals surface area contributed by atoms with E-state index in [4.69, 9.17) is 4.74 Å². The molecular formula is C12H20BrN3O. The van der Waals surface area contributed by atoms with Crippen LogP contribution in [0.2, 0.25) is 0 Å². The van der Waals surface area contributed by atoms with Crippen LogP contribution in [0, 0.1) is 6.92 Å². The predicted octanol–water partition coefficient (Wildman–Crippen LogP) is 1.82. The van der Waals surface area contributed by atoms with Gasteiger partial charge in [0.25, 0.3) is 0 Å². The summed E-state index contributed by atoms with van der Waals surface area (Å²) in [7, 11) is 3.77. The molecule has 96 valence electrons. The van der Waals surface area contributed by atoms with Gasteiger partial charge in [-0.15, -0.1) is 0 Å². The number of methoxy groups -OCH3 is 1. The zero-order valence-electron chi connectivity index (χ0n) is 10.7. The number of ether oxygens (including phenoxy) is 1. The Kier molecular flexibility index (Phi) is 6.47. The number of rotatable bonds is 7. The molecule has 0 bridgehead atoms. The molecule has 0 aliphatic heterocycles. The van der Waals surface area contributed by atoms with Gasteiger partial charge in [-0.2, -0.15) is 0 Å². The first-order valence-corrected chi connectivity index (χ1v) is 6.47. The van der Waals surface area contributed by atoms with Gasteiger partial charge in [-0.05, 0) is 34.5 Å². The third-order valence-electron chi connectivity index (χ3n) is 2.49. The normalized spacial score (nSPS) is 10.6. The Bertz CT molecular complexity index is 347. The summed E-state index contributed by atoms with van der Waals surface area (Å²) in [6, 6.07) is 2.08. The fourth-order valence-corrected chi connectivity index (χ4v) is 2.03. The van der Waals surface area contributed by atoms with Crippen molar-refractivity contribution in [2.24, 2.45) is 0 Å². The number of halogens is 1. The van der Waals surface area contributed by atoms with Crippen molar-refractivity contribution >= 4 is 21.7 Å². The van der Waals surface area contributed by atoms with Gasteiger partial charge >= 0.3 is 0 Å². The summed E-state index contributed by atoms with van der Waals surface area (Å²) in [4.78, 5) is 6.57. The van der Waals surface area contributed by atoms with Crippen LogP contribution in [0.5, 0.6) is 0 Å². The van der Waals surface area contributed by atoms with Crippen LogP contribution in [0.25, 0.3) is 0 Å². The maximum atomic E-state index is 4.97. The summed E-state index contributed by atoms with van der Waals surface area (Å²) in [6.45, 7) is 5.56. The first kappa shape index (κ1) is 14.4. The summed E-state index contributed by atoms with van der Waals surface area (Å²) in [5.74, 6) is 1.03. The first-order chi connectivity index (χ1) is 8.15. The molecule has 1 aromatic heterocycles. The number of nitrogens with zero attached hydrogens (tertiary/aromatic N) is 2. The number of hydrogen-bond acceptors (Lipinski definition) is 4. The fourth-order valence-electron chi connectivity index (χ4n) is 1.58. The topological polar surface area (TPSA) is 37.4 Å². The lowest BCUT2D eigenvalue weighted by molar-refractivity contribution is 0.200. The maximum Gasteiger partial charge on any atom is 0.131 e. The highest BCUT2D eigenvalue weighted by molar-refractivity contribution is 9.10. The van der Waals surface area contributed by atoms with Crippen LogP contribution in [-0.2, 0) is 4.74 Å². The molecule has 0 atom stereocenters. The van der Waals surface area contributed by atoms with Crippen LogP contribution >= 0.6 is 15.9 Å². The van der Waals surface area contributed by atoms with Crippen molar-refractivity contribution in [3.05, 3.63) is 22.3 Å². The minimum Gasteiger partial charge on any atom is -0.383 e. The van der Waals surface area contributed by atoms with E-state index in [1.54, 1.807) is 7.11 Å². The first-order valence-electron chi connectivity index (χ1n) is 5.68. The van der Waals surface area contributed by atoms with Crippen molar-refractivity contribution in [3.8, 4) is 0 Å². The van der Waals surface area contributed by atoms with E-state index in [2.05, 4.69) is 51.2 Å². The molecule has 17 heavy (non-hydrogen) atoms. The summed E-state index contributed by atoms with van der Waals surface area (Å²) in [6.07, 6.45) is 1.83. The predicted molar refractivity (Wildman–Crippen MR) is 74.7 cm³/mol. The Balaban J connectivity index is 2.38. The van der Waals surface area contributed by atoms with Crippen molar-refractivity contribution in [1.29, 1.82) is 0 Å². The molecule has 0 aliphatic carbocycles. The van der Waals surface area contributed by atoms with E-state index in [1.165, 1.54) is 5.56 Å².